The van der Waals surface area contributed by atoms with Gasteiger partial charge in [0.1, 0.15) is 0 Å². The fraction of sp³-hybridized carbons (Fsp3) is 0.900. The number of amides is 1. The Labute approximate surface area is 102 Å². The van der Waals surface area contributed by atoms with E-state index in [1.807, 2.05) is 0 Å². The fourth-order valence-electron chi connectivity index (χ4n) is 1.91. The zero-order chi connectivity index (χ0) is 10.5. The van der Waals surface area contributed by atoms with Crippen molar-refractivity contribution in [1.82, 2.24) is 10.6 Å². The monoisotopic (exact) mass is 250 g/mol. The van der Waals surface area contributed by atoms with E-state index in [1.165, 1.54) is 6.42 Å². The predicted molar refractivity (Wildman–Crippen MR) is 61.8 cm³/mol. The molecule has 0 aromatic heterocycles. The largest absolute Gasteiger partial charge is 0.376 e. The molecule has 2 unspecified atom stereocenters. The van der Waals surface area contributed by atoms with E-state index in [0.717, 1.165) is 13.0 Å². The minimum Gasteiger partial charge on any atom is -0.376 e. The van der Waals surface area contributed by atoms with Gasteiger partial charge < -0.3 is 20.1 Å². The van der Waals surface area contributed by atoms with Crippen LogP contribution < -0.4 is 10.6 Å². The third-order valence-electron chi connectivity index (χ3n) is 2.79. The number of hydrogen-bond donors (Lipinski definition) is 2. The van der Waals surface area contributed by atoms with Gasteiger partial charge in [-0.15, -0.1) is 12.4 Å². The second-order valence-electron chi connectivity index (χ2n) is 3.97. The molecule has 0 radical (unpaired) electrons. The van der Waals surface area contributed by atoms with Crippen LogP contribution in [-0.2, 0) is 14.3 Å². The van der Waals surface area contributed by atoms with E-state index in [1.54, 1.807) is 0 Å². The van der Waals surface area contributed by atoms with Gasteiger partial charge in [-0.05, 0) is 19.4 Å². The van der Waals surface area contributed by atoms with E-state index in [9.17, 15) is 4.79 Å². The summed E-state index contributed by atoms with van der Waals surface area (Å²) in [7, 11) is 0. The molecular formula is C10H19ClN2O3. The average molecular weight is 251 g/mol. The Bertz CT molecular complexity index is 216. The zero-order valence-electron chi connectivity index (χ0n) is 9.24. The third kappa shape index (κ3) is 3.90. The third-order valence-corrected chi connectivity index (χ3v) is 2.79. The fourth-order valence-corrected chi connectivity index (χ4v) is 1.91. The summed E-state index contributed by atoms with van der Waals surface area (Å²) in [4.78, 5) is 11.6. The van der Waals surface area contributed by atoms with Crippen LogP contribution in [0.5, 0.6) is 0 Å². The molecule has 0 spiro atoms. The summed E-state index contributed by atoms with van der Waals surface area (Å²) in [5.41, 5.74) is 0. The Morgan fingerprint density at radius 2 is 2.31 bits per heavy atom. The molecule has 5 nitrogen and oxygen atoms in total. The van der Waals surface area contributed by atoms with E-state index in [-0.39, 0.29) is 18.3 Å². The summed E-state index contributed by atoms with van der Waals surface area (Å²) in [6.45, 7) is 3.24. The maximum atomic E-state index is 11.6. The van der Waals surface area contributed by atoms with Crippen LogP contribution in [-0.4, -0.2) is 51.0 Å². The lowest BCUT2D eigenvalue weighted by molar-refractivity contribution is -0.147. The highest BCUT2D eigenvalue weighted by atomic mass is 35.5. The van der Waals surface area contributed by atoms with Crippen LogP contribution >= 0.6 is 12.4 Å². The number of rotatable bonds is 3. The summed E-state index contributed by atoms with van der Waals surface area (Å²) >= 11 is 0. The van der Waals surface area contributed by atoms with Crippen LogP contribution in [0.1, 0.15) is 12.8 Å². The van der Waals surface area contributed by atoms with Crippen LogP contribution in [0.3, 0.4) is 0 Å². The normalized spacial score (nSPS) is 29.5. The summed E-state index contributed by atoms with van der Waals surface area (Å²) < 4.78 is 10.5. The number of ether oxygens (including phenoxy) is 2. The molecule has 2 heterocycles. The van der Waals surface area contributed by atoms with Gasteiger partial charge in [0.2, 0.25) is 0 Å². The molecule has 2 fully saturated rings. The Hall–Kier alpha value is -0.360. The molecule has 94 valence electrons. The van der Waals surface area contributed by atoms with Crippen molar-refractivity contribution in [1.29, 1.82) is 0 Å². The van der Waals surface area contributed by atoms with Crippen molar-refractivity contribution >= 4 is 18.3 Å². The number of carbonyl (C=O) groups is 1. The van der Waals surface area contributed by atoms with Gasteiger partial charge in [0.15, 0.2) is 6.10 Å². The summed E-state index contributed by atoms with van der Waals surface area (Å²) in [6.07, 6.45) is 1.92. The molecule has 0 aliphatic carbocycles. The second-order valence-corrected chi connectivity index (χ2v) is 3.97. The van der Waals surface area contributed by atoms with Crippen LogP contribution in [0.25, 0.3) is 0 Å². The first-order valence-corrected chi connectivity index (χ1v) is 5.57. The van der Waals surface area contributed by atoms with Crippen LogP contribution in [0.15, 0.2) is 0 Å². The molecule has 2 aliphatic heterocycles. The Morgan fingerprint density at radius 1 is 1.44 bits per heavy atom. The van der Waals surface area contributed by atoms with E-state index < -0.39 is 6.10 Å². The van der Waals surface area contributed by atoms with Gasteiger partial charge in [0, 0.05) is 12.6 Å². The highest BCUT2D eigenvalue weighted by Gasteiger charge is 2.23. The Kier molecular flexibility index (Phi) is 6.05. The molecule has 2 rings (SSSR count). The van der Waals surface area contributed by atoms with Gasteiger partial charge in [0.25, 0.3) is 5.91 Å². The van der Waals surface area contributed by atoms with E-state index in [4.69, 9.17) is 9.47 Å². The number of carbonyl (C=O) groups excluding carboxylic acids is 1. The van der Waals surface area contributed by atoms with E-state index in [2.05, 4.69) is 10.6 Å². The molecule has 2 aliphatic rings. The molecule has 1 amide bonds. The van der Waals surface area contributed by atoms with Gasteiger partial charge >= 0.3 is 0 Å². The Morgan fingerprint density at radius 3 is 2.94 bits per heavy atom. The minimum atomic E-state index is -0.417. The predicted octanol–water partition coefficient (Wildman–Crippen LogP) is -0.308. The van der Waals surface area contributed by atoms with Crippen molar-refractivity contribution in [2.24, 2.45) is 0 Å². The molecule has 0 aromatic carbocycles. The van der Waals surface area contributed by atoms with Gasteiger partial charge in [-0.3, -0.25) is 4.79 Å². The SMILES string of the molecule is Cl.O=C(NCC1CCCN1)C1COCCO1. The highest BCUT2D eigenvalue weighted by Crippen LogP contribution is 2.04. The first-order chi connectivity index (χ1) is 7.36. The molecule has 6 heteroatoms. The van der Waals surface area contributed by atoms with Gasteiger partial charge in [-0.2, -0.15) is 0 Å². The van der Waals surface area contributed by atoms with Crippen molar-refractivity contribution in [2.75, 3.05) is 32.9 Å². The van der Waals surface area contributed by atoms with Crippen molar-refractivity contribution < 1.29 is 14.3 Å². The lowest BCUT2D eigenvalue weighted by atomic mass is 10.2. The molecule has 0 saturated carbocycles. The first kappa shape index (κ1) is 13.7. The summed E-state index contributed by atoms with van der Waals surface area (Å²) in [5, 5.41) is 6.22. The molecule has 2 saturated heterocycles. The topological polar surface area (TPSA) is 59.6 Å². The van der Waals surface area contributed by atoms with Crippen molar-refractivity contribution in [3.63, 3.8) is 0 Å². The molecule has 16 heavy (non-hydrogen) atoms. The maximum Gasteiger partial charge on any atom is 0.251 e. The van der Waals surface area contributed by atoms with Crippen LogP contribution in [0, 0.1) is 0 Å². The van der Waals surface area contributed by atoms with Crippen molar-refractivity contribution in [3.05, 3.63) is 0 Å². The standard InChI is InChI=1S/C10H18N2O3.ClH/c13-10(9-7-14-4-5-15-9)12-6-8-2-1-3-11-8;/h8-9,11H,1-7H2,(H,12,13);1H. The summed E-state index contributed by atoms with van der Waals surface area (Å²) in [5.74, 6) is -0.0524. The van der Waals surface area contributed by atoms with Crippen LogP contribution in [0.2, 0.25) is 0 Å². The first-order valence-electron chi connectivity index (χ1n) is 5.57. The smallest absolute Gasteiger partial charge is 0.251 e. The minimum absolute atomic E-state index is 0. The lowest BCUT2D eigenvalue weighted by Gasteiger charge is -2.22. The summed E-state index contributed by atoms with van der Waals surface area (Å²) in [6, 6.07) is 0.429. The second kappa shape index (κ2) is 7.06. The maximum absolute atomic E-state index is 11.6. The van der Waals surface area contributed by atoms with Gasteiger partial charge in [-0.1, -0.05) is 0 Å². The van der Waals surface area contributed by atoms with Crippen molar-refractivity contribution in [2.45, 2.75) is 25.0 Å². The van der Waals surface area contributed by atoms with Gasteiger partial charge in [-0.25, -0.2) is 0 Å². The molecular weight excluding hydrogens is 232 g/mol. The average Bonchev–Trinajstić information content (AvgIpc) is 2.80. The zero-order valence-corrected chi connectivity index (χ0v) is 10.1. The number of nitrogens with one attached hydrogen (secondary N) is 2. The molecule has 2 N–H and O–H groups in total. The van der Waals surface area contributed by atoms with E-state index >= 15 is 0 Å². The number of hydrogen-bond acceptors (Lipinski definition) is 4. The lowest BCUT2D eigenvalue weighted by Crippen LogP contribution is -2.46. The Balaban J connectivity index is 0.00000128. The van der Waals surface area contributed by atoms with Crippen molar-refractivity contribution in [3.8, 4) is 0 Å². The quantitative estimate of drug-likeness (QED) is 0.722. The molecule has 0 bridgehead atoms. The molecule has 2 atom stereocenters. The van der Waals surface area contributed by atoms with E-state index in [0.29, 0.717) is 32.4 Å². The van der Waals surface area contributed by atoms with Gasteiger partial charge in [0.05, 0.1) is 19.8 Å². The molecule has 0 aromatic rings. The van der Waals surface area contributed by atoms with Crippen LogP contribution in [0.4, 0.5) is 0 Å². The highest BCUT2D eigenvalue weighted by molar-refractivity contribution is 5.85. The number of halogens is 1.